The molecular weight excluding hydrogens is 311 g/mol. The molecule has 0 amide bonds. The zero-order valence-corrected chi connectivity index (χ0v) is 12.6. The number of aryl methyl sites for hydroxylation is 2. The molecule has 0 fully saturated rings. The molecule has 1 aromatic heterocycles. The lowest BCUT2D eigenvalue weighted by atomic mass is 9.95. The summed E-state index contributed by atoms with van der Waals surface area (Å²) < 4.78 is 20.4. The number of nitrogens with two attached hydrogens (primary N) is 1. The van der Waals surface area contributed by atoms with Crippen molar-refractivity contribution in [3.05, 3.63) is 56.7 Å². The van der Waals surface area contributed by atoms with Gasteiger partial charge in [0.05, 0.1) is 6.04 Å². The van der Waals surface area contributed by atoms with Crippen LogP contribution in [0.2, 0.25) is 0 Å². The summed E-state index contributed by atoms with van der Waals surface area (Å²) in [6.07, 6.45) is 0. The molecule has 0 saturated carbocycles. The molecule has 2 aromatic rings. The fourth-order valence-electron chi connectivity index (χ4n) is 2.30. The minimum Gasteiger partial charge on any atom is -0.466 e. The number of hydrogen-bond acceptors (Lipinski definition) is 3. The largest absolute Gasteiger partial charge is 0.466 e. The Kier molecular flexibility index (Phi) is 4.08. The van der Waals surface area contributed by atoms with Crippen LogP contribution < -0.4 is 11.3 Å². The van der Waals surface area contributed by atoms with E-state index in [4.69, 9.17) is 10.3 Å². The molecule has 0 aliphatic heterocycles. The predicted octanol–water partition coefficient (Wildman–Crippen LogP) is 3.66. The molecule has 19 heavy (non-hydrogen) atoms. The van der Waals surface area contributed by atoms with Gasteiger partial charge in [-0.3, -0.25) is 5.84 Å². The van der Waals surface area contributed by atoms with Gasteiger partial charge in [-0.25, -0.2) is 9.82 Å². The van der Waals surface area contributed by atoms with Crippen LogP contribution in [0, 0.1) is 26.6 Å². The van der Waals surface area contributed by atoms with Gasteiger partial charge in [0.2, 0.25) is 0 Å². The molecule has 2 rings (SSSR count). The molecule has 1 heterocycles. The monoisotopic (exact) mass is 326 g/mol. The Morgan fingerprint density at radius 1 is 1.26 bits per heavy atom. The van der Waals surface area contributed by atoms with E-state index in [1.54, 1.807) is 12.1 Å². The van der Waals surface area contributed by atoms with Crippen molar-refractivity contribution in [2.75, 3.05) is 0 Å². The summed E-state index contributed by atoms with van der Waals surface area (Å²) in [6, 6.07) is 4.37. The summed E-state index contributed by atoms with van der Waals surface area (Å²) in [5, 5.41) is 0. The van der Waals surface area contributed by atoms with Crippen molar-refractivity contribution in [3.63, 3.8) is 0 Å². The third kappa shape index (κ3) is 2.59. The smallest absolute Gasteiger partial charge is 0.128 e. The van der Waals surface area contributed by atoms with Gasteiger partial charge >= 0.3 is 0 Å². The van der Waals surface area contributed by atoms with Crippen LogP contribution in [0.5, 0.6) is 0 Å². The van der Waals surface area contributed by atoms with Gasteiger partial charge < -0.3 is 4.42 Å². The Labute approximate surface area is 120 Å². The van der Waals surface area contributed by atoms with Gasteiger partial charge in [0, 0.05) is 15.6 Å². The van der Waals surface area contributed by atoms with Gasteiger partial charge in [-0.05, 0) is 44.5 Å². The normalized spacial score (nSPS) is 12.7. The van der Waals surface area contributed by atoms with E-state index in [9.17, 15) is 4.39 Å². The molecule has 1 unspecified atom stereocenters. The highest BCUT2D eigenvalue weighted by molar-refractivity contribution is 9.10. The van der Waals surface area contributed by atoms with Gasteiger partial charge in [0.15, 0.2) is 0 Å². The third-order valence-electron chi connectivity index (χ3n) is 3.34. The summed E-state index contributed by atoms with van der Waals surface area (Å²) in [5.74, 6) is 6.90. The Hall–Kier alpha value is -1.17. The lowest BCUT2D eigenvalue weighted by molar-refractivity contribution is 0.491. The third-order valence-corrected chi connectivity index (χ3v) is 3.84. The lowest BCUT2D eigenvalue weighted by Crippen LogP contribution is -2.30. The van der Waals surface area contributed by atoms with Gasteiger partial charge in [-0.2, -0.15) is 0 Å². The second-order valence-corrected chi connectivity index (χ2v) is 5.43. The molecule has 0 aliphatic rings. The minimum absolute atomic E-state index is 0.302. The van der Waals surface area contributed by atoms with E-state index in [2.05, 4.69) is 21.4 Å². The van der Waals surface area contributed by atoms with Crippen LogP contribution in [-0.2, 0) is 0 Å². The van der Waals surface area contributed by atoms with Crippen LogP contribution in [0.15, 0.2) is 27.1 Å². The number of rotatable bonds is 3. The highest BCUT2D eigenvalue weighted by Crippen LogP contribution is 2.33. The molecular formula is C14H16BrFN2O. The van der Waals surface area contributed by atoms with Crippen LogP contribution in [0.4, 0.5) is 4.39 Å². The van der Waals surface area contributed by atoms with E-state index < -0.39 is 6.04 Å². The fraction of sp³-hybridized carbons (Fsp3) is 0.286. The van der Waals surface area contributed by atoms with Crippen LogP contribution in [0.3, 0.4) is 0 Å². The number of nitrogens with one attached hydrogen (secondary N) is 1. The van der Waals surface area contributed by atoms with E-state index in [0.717, 1.165) is 27.1 Å². The average Bonchev–Trinajstić information content (AvgIpc) is 2.61. The summed E-state index contributed by atoms with van der Waals surface area (Å²) in [6.45, 7) is 5.69. The molecule has 3 N–H and O–H groups in total. The van der Waals surface area contributed by atoms with Crippen LogP contribution >= 0.6 is 15.9 Å². The van der Waals surface area contributed by atoms with Crippen molar-refractivity contribution in [2.45, 2.75) is 26.8 Å². The first kappa shape index (κ1) is 14.2. The zero-order valence-electron chi connectivity index (χ0n) is 11.1. The second-order valence-electron chi connectivity index (χ2n) is 4.52. The van der Waals surface area contributed by atoms with Crippen LogP contribution in [0.1, 0.15) is 34.3 Å². The fourth-order valence-corrected chi connectivity index (χ4v) is 2.68. The van der Waals surface area contributed by atoms with Crippen LogP contribution in [-0.4, -0.2) is 0 Å². The molecule has 0 radical (unpaired) electrons. The lowest BCUT2D eigenvalue weighted by Gasteiger charge is -2.18. The molecule has 0 spiro atoms. The first-order valence-corrected chi connectivity index (χ1v) is 6.72. The van der Waals surface area contributed by atoms with Gasteiger partial charge in [-0.15, -0.1) is 0 Å². The number of hydrogen-bond donors (Lipinski definition) is 2. The summed E-state index contributed by atoms with van der Waals surface area (Å²) >= 11 is 3.35. The number of benzene rings is 1. The zero-order chi connectivity index (χ0) is 14.2. The number of halogens is 2. The van der Waals surface area contributed by atoms with Crippen molar-refractivity contribution in [2.24, 2.45) is 5.84 Å². The molecule has 5 heteroatoms. The van der Waals surface area contributed by atoms with E-state index in [1.807, 2.05) is 20.8 Å². The quantitative estimate of drug-likeness (QED) is 0.668. The maximum absolute atomic E-state index is 14.0. The standard InChI is InChI=1S/C14H16BrFN2O/c1-7-8(2)19-9(3)13(7)14(18-17)11-6-10(15)4-5-12(11)16/h4-6,14,18H,17H2,1-3H3. The Morgan fingerprint density at radius 2 is 1.95 bits per heavy atom. The maximum Gasteiger partial charge on any atom is 0.128 e. The summed E-state index contributed by atoms with van der Waals surface area (Å²) in [4.78, 5) is 0. The Balaban J connectivity index is 2.59. The topological polar surface area (TPSA) is 51.2 Å². The minimum atomic E-state index is -0.435. The molecule has 0 saturated heterocycles. The second kappa shape index (κ2) is 5.45. The number of hydrazine groups is 1. The summed E-state index contributed by atoms with van der Waals surface area (Å²) in [5.41, 5.74) is 5.04. The first-order chi connectivity index (χ1) is 8.95. The van der Waals surface area contributed by atoms with Gasteiger partial charge in [0.25, 0.3) is 0 Å². The molecule has 102 valence electrons. The van der Waals surface area contributed by atoms with E-state index >= 15 is 0 Å². The summed E-state index contributed by atoms with van der Waals surface area (Å²) in [7, 11) is 0. The highest BCUT2D eigenvalue weighted by Gasteiger charge is 2.24. The molecule has 0 aliphatic carbocycles. The molecule has 0 bridgehead atoms. The van der Waals surface area contributed by atoms with Crippen molar-refractivity contribution in [1.82, 2.24) is 5.43 Å². The van der Waals surface area contributed by atoms with Crippen molar-refractivity contribution in [1.29, 1.82) is 0 Å². The van der Waals surface area contributed by atoms with E-state index in [0.29, 0.717) is 5.56 Å². The van der Waals surface area contributed by atoms with Crippen molar-refractivity contribution in [3.8, 4) is 0 Å². The van der Waals surface area contributed by atoms with Crippen molar-refractivity contribution < 1.29 is 8.81 Å². The molecule has 1 atom stereocenters. The van der Waals surface area contributed by atoms with Gasteiger partial charge in [-0.1, -0.05) is 15.9 Å². The molecule has 1 aromatic carbocycles. The Morgan fingerprint density at radius 3 is 2.47 bits per heavy atom. The average molecular weight is 327 g/mol. The molecule has 3 nitrogen and oxygen atoms in total. The van der Waals surface area contributed by atoms with E-state index in [1.165, 1.54) is 6.07 Å². The SMILES string of the molecule is Cc1oc(C)c(C(NN)c2cc(Br)ccc2F)c1C. The predicted molar refractivity (Wildman–Crippen MR) is 76.2 cm³/mol. The maximum atomic E-state index is 14.0. The van der Waals surface area contributed by atoms with E-state index in [-0.39, 0.29) is 5.82 Å². The first-order valence-electron chi connectivity index (χ1n) is 5.93. The number of furan rings is 1. The highest BCUT2D eigenvalue weighted by atomic mass is 79.9. The van der Waals surface area contributed by atoms with Crippen molar-refractivity contribution >= 4 is 15.9 Å². The van der Waals surface area contributed by atoms with Crippen LogP contribution in [0.25, 0.3) is 0 Å². The van der Waals surface area contributed by atoms with Gasteiger partial charge in [0.1, 0.15) is 17.3 Å². The Bertz CT molecular complexity index is 610.